The molecule has 0 spiro atoms. The Morgan fingerprint density at radius 3 is 2.28 bits per heavy atom. The number of para-hydroxylation sites is 2. The molecule has 0 atom stereocenters. The van der Waals surface area contributed by atoms with Crippen molar-refractivity contribution < 1.29 is 27.5 Å². The molecule has 2 rings (SSSR count). The Morgan fingerprint density at radius 1 is 1.04 bits per heavy atom. The summed E-state index contributed by atoms with van der Waals surface area (Å²) in [7, 11) is 0. The molecule has 0 saturated carbocycles. The number of carbonyl (C=O) groups is 2. The van der Waals surface area contributed by atoms with Crippen LogP contribution < -0.4 is 21.1 Å². The van der Waals surface area contributed by atoms with E-state index in [1.54, 1.807) is 0 Å². The number of rotatable bonds is 6. The van der Waals surface area contributed by atoms with Gasteiger partial charge in [0.15, 0.2) is 5.75 Å². The zero-order chi connectivity index (χ0) is 18.4. The van der Waals surface area contributed by atoms with E-state index in [0.29, 0.717) is 5.69 Å². The second kappa shape index (κ2) is 7.56. The molecule has 0 aliphatic heterocycles. The van der Waals surface area contributed by atoms with Crippen molar-refractivity contribution in [2.75, 3.05) is 17.2 Å². The number of alkyl halides is 3. The van der Waals surface area contributed by atoms with E-state index in [9.17, 15) is 22.8 Å². The molecule has 6 nitrogen and oxygen atoms in total. The first-order valence-corrected chi connectivity index (χ1v) is 7.03. The van der Waals surface area contributed by atoms with Crippen LogP contribution in [0.2, 0.25) is 0 Å². The molecule has 9 heteroatoms. The van der Waals surface area contributed by atoms with Crippen LogP contribution in [0.4, 0.5) is 24.5 Å². The molecule has 0 aliphatic carbocycles. The molecular formula is C16H14F3N3O3. The van der Waals surface area contributed by atoms with Gasteiger partial charge in [0, 0.05) is 11.3 Å². The third kappa shape index (κ3) is 5.72. The maximum Gasteiger partial charge on any atom is 0.573 e. The topological polar surface area (TPSA) is 93.5 Å². The lowest BCUT2D eigenvalue weighted by molar-refractivity contribution is -0.274. The Kier molecular flexibility index (Phi) is 5.48. The number of primary amides is 1. The fraction of sp³-hybridized carbons (Fsp3) is 0.125. The van der Waals surface area contributed by atoms with E-state index >= 15 is 0 Å². The van der Waals surface area contributed by atoms with E-state index in [0.717, 1.165) is 6.07 Å². The maximum atomic E-state index is 12.3. The van der Waals surface area contributed by atoms with Gasteiger partial charge in [-0.15, -0.1) is 13.2 Å². The average molecular weight is 353 g/mol. The minimum atomic E-state index is -4.83. The fourth-order valence-corrected chi connectivity index (χ4v) is 1.92. The van der Waals surface area contributed by atoms with Crippen molar-refractivity contribution in [3.63, 3.8) is 0 Å². The molecule has 0 saturated heterocycles. The number of amides is 2. The molecule has 0 bridgehead atoms. The highest BCUT2D eigenvalue weighted by molar-refractivity contribution is 5.96. The Morgan fingerprint density at radius 2 is 1.68 bits per heavy atom. The number of carbonyl (C=O) groups excluding carboxylic acids is 2. The van der Waals surface area contributed by atoms with E-state index < -0.39 is 23.9 Å². The number of anilines is 2. The molecule has 0 aromatic heterocycles. The second-order valence-corrected chi connectivity index (χ2v) is 4.89. The van der Waals surface area contributed by atoms with Crippen molar-refractivity contribution in [3.05, 3.63) is 54.1 Å². The molecule has 0 fully saturated rings. The van der Waals surface area contributed by atoms with Crippen LogP contribution in [-0.4, -0.2) is 24.7 Å². The summed E-state index contributed by atoms with van der Waals surface area (Å²) in [5.74, 6) is -1.52. The standard InChI is InChI=1S/C16H14F3N3O3/c17-16(18,19)25-13-4-2-1-3-12(13)21-9-14(23)22-11-7-5-10(6-8-11)15(20)24/h1-8,21H,9H2,(H2,20,24)(H,22,23). The van der Waals surface area contributed by atoms with Crippen molar-refractivity contribution >= 4 is 23.2 Å². The van der Waals surface area contributed by atoms with Crippen molar-refractivity contribution in [1.82, 2.24) is 0 Å². The van der Waals surface area contributed by atoms with E-state index in [1.165, 1.54) is 42.5 Å². The molecular weight excluding hydrogens is 339 g/mol. The highest BCUT2D eigenvalue weighted by atomic mass is 19.4. The van der Waals surface area contributed by atoms with Crippen molar-refractivity contribution in [3.8, 4) is 5.75 Å². The Hall–Kier alpha value is -3.23. The van der Waals surface area contributed by atoms with E-state index in [1.807, 2.05) is 0 Å². The molecule has 4 N–H and O–H groups in total. The number of halogens is 3. The lowest BCUT2D eigenvalue weighted by Gasteiger charge is -2.14. The quantitative estimate of drug-likeness (QED) is 0.744. The molecule has 0 heterocycles. The van der Waals surface area contributed by atoms with Crippen LogP contribution in [0, 0.1) is 0 Å². The van der Waals surface area contributed by atoms with Gasteiger partial charge in [-0.05, 0) is 36.4 Å². The molecule has 2 amide bonds. The fourth-order valence-electron chi connectivity index (χ4n) is 1.92. The van der Waals surface area contributed by atoms with Gasteiger partial charge in [0.2, 0.25) is 11.8 Å². The molecule has 0 unspecified atom stereocenters. The number of nitrogens with two attached hydrogens (primary N) is 1. The molecule has 2 aromatic carbocycles. The molecule has 0 radical (unpaired) electrons. The third-order valence-corrected chi connectivity index (χ3v) is 3.01. The highest BCUT2D eigenvalue weighted by Gasteiger charge is 2.32. The Balaban J connectivity index is 1.95. The summed E-state index contributed by atoms with van der Waals surface area (Å²) in [6, 6.07) is 11.2. The monoisotopic (exact) mass is 353 g/mol. The summed E-state index contributed by atoms with van der Waals surface area (Å²) in [6.45, 7) is -0.282. The number of ether oxygens (including phenoxy) is 1. The number of hydrogen-bond donors (Lipinski definition) is 3. The zero-order valence-corrected chi connectivity index (χ0v) is 12.8. The first-order valence-electron chi connectivity index (χ1n) is 7.03. The van der Waals surface area contributed by atoms with Gasteiger partial charge in [0.25, 0.3) is 0 Å². The van der Waals surface area contributed by atoms with Crippen molar-refractivity contribution in [2.45, 2.75) is 6.36 Å². The van der Waals surface area contributed by atoms with Crippen LogP contribution in [-0.2, 0) is 4.79 Å². The number of hydrogen-bond acceptors (Lipinski definition) is 4. The third-order valence-electron chi connectivity index (χ3n) is 3.01. The van der Waals surface area contributed by atoms with E-state index in [-0.39, 0.29) is 17.8 Å². The first kappa shape index (κ1) is 18.1. The van der Waals surface area contributed by atoms with Crippen LogP contribution in [0.25, 0.3) is 0 Å². The summed E-state index contributed by atoms with van der Waals surface area (Å²) in [5.41, 5.74) is 5.83. The predicted octanol–water partition coefficient (Wildman–Crippen LogP) is 2.73. The minimum absolute atomic E-state index is 0.0269. The van der Waals surface area contributed by atoms with Crippen LogP contribution in [0.15, 0.2) is 48.5 Å². The summed E-state index contributed by atoms with van der Waals surface area (Å²) in [6.07, 6.45) is -4.83. The van der Waals surface area contributed by atoms with Gasteiger partial charge in [-0.1, -0.05) is 12.1 Å². The largest absolute Gasteiger partial charge is 0.573 e. The van der Waals surface area contributed by atoms with Gasteiger partial charge < -0.3 is 21.1 Å². The second-order valence-electron chi connectivity index (χ2n) is 4.89. The molecule has 0 aliphatic rings. The van der Waals surface area contributed by atoms with E-state index in [2.05, 4.69) is 15.4 Å². The van der Waals surface area contributed by atoms with Crippen LogP contribution in [0.5, 0.6) is 5.75 Å². The van der Waals surface area contributed by atoms with Gasteiger partial charge in [0.1, 0.15) is 0 Å². The number of benzene rings is 2. The maximum absolute atomic E-state index is 12.3. The van der Waals surface area contributed by atoms with Gasteiger partial charge in [-0.25, -0.2) is 0 Å². The average Bonchev–Trinajstić information content (AvgIpc) is 2.53. The summed E-state index contributed by atoms with van der Waals surface area (Å²) in [5, 5.41) is 5.10. The van der Waals surface area contributed by atoms with Crippen LogP contribution in [0.1, 0.15) is 10.4 Å². The van der Waals surface area contributed by atoms with Crippen molar-refractivity contribution in [2.24, 2.45) is 5.73 Å². The van der Waals surface area contributed by atoms with Crippen LogP contribution >= 0.6 is 0 Å². The van der Waals surface area contributed by atoms with Crippen LogP contribution in [0.3, 0.4) is 0 Å². The Labute approximate surface area is 140 Å². The molecule has 2 aromatic rings. The lowest BCUT2D eigenvalue weighted by Crippen LogP contribution is -2.23. The normalized spacial score (nSPS) is 10.8. The van der Waals surface area contributed by atoms with Crippen molar-refractivity contribution in [1.29, 1.82) is 0 Å². The lowest BCUT2D eigenvalue weighted by atomic mass is 10.2. The zero-order valence-electron chi connectivity index (χ0n) is 12.8. The highest BCUT2D eigenvalue weighted by Crippen LogP contribution is 2.29. The van der Waals surface area contributed by atoms with Gasteiger partial charge in [-0.3, -0.25) is 9.59 Å². The summed E-state index contributed by atoms with van der Waals surface area (Å²) >= 11 is 0. The summed E-state index contributed by atoms with van der Waals surface area (Å²) < 4.78 is 40.9. The SMILES string of the molecule is NC(=O)c1ccc(NC(=O)CNc2ccccc2OC(F)(F)F)cc1. The Bertz CT molecular complexity index is 761. The van der Waals surface area contributed by atoms with E-state index in [4.69, 9.17) is 5.73 Å². The molecule has 25 heavy (non-hydrogen) atoms. The smallest absolute Gasteiger partial charge is 0.404 e. The minimum Gasteiger partial charge on any atom is -0.404 e. The molecule has 132 valence electrons. The summed E-state index contributed by atoms with van der Waals surface area (Å²) in [4.78, 5) is 22.8. The first-order chi connectivity index (χ1) is 11.7. The number of nitrogens with one attached hydrogen (secondary N) is 2. The predicted molar refractivity (Wildman–Crippen MR) is 85.2 cm³/mol. The van der Waals surface area contributed by atoms with Gasteiger partial charge in [-0.2, -0.15) is 0 Å². The van der Waals surface area contributed by atoms with Gasteiger partial charge >= 0.3 is 6.36 Å². The van der Waals surface area contributed by atoms with Gasteiger partial charge in [0.05, 0.1) is 12.2 Å².